The molecule has 0 bridgehead atoms. The van der Waals surface area contributed by atoms with Gasteiger partial charge in [0.1, 0.15) is 0 Å². The van der Waals surface area contributed by atoms with E-state index in [4.69, 9.17) is 4.55 Å². The minimum absolute atomic E-state index is 0.143. The predicted octanol–water partition coefficient (Wildman–Crippen LogP) is -0.539. The second-order valence-electron chi connectivity index (χ2n) is 1.69. The Bertz CT molecular complexity index is 217. The van der Waals surface area contributed by atoms with Gasteiger partial charge in [-0.15, -0.1) is 0 Å². The number of aliphatic imine (C=N–C) groups is 1. The minimum atomic E-state index is -3.83. The Morgan fingerprint density at radius 3 is 2.50 bits per heavy atom. The Morgan fingerprint density at radius 2 is 2.20 bits per heavy atom. The summed E-state index contributed by atoms with van der Waals surface area (Å²) in [5.41, 5.74) is 0. The molecule has 0 unspecified atom stereocenters. The molecule has 0 heterocycles. The van der Waals surface area contributed by atoms with E-state index in [1.54, 1.807) is 29.2 Å². The first-order valence-corrected chi connectivity index (χ1v) is 5.32. The van der Waals surface area contributed by atoms with E-state index in [9.17, 15) is 8.42 Å². The van der Waals surface area contributed by atoms with Crippen LogP contribution in [0, 0.1) is 0 Å². The molecule has 0 spiro atoms. The second kappa shape index (κ2) is 4.29. The molecular formula is C4H8NO3STe. The van der Waals surface area contributed by atoms with Gasteiger partial charge in [0.2, 0.25) is 0 Å². The quantitative estimate of drug-likeness (QED) is 0.428. The van der Waals surface area contributed by atoms with Crippen LogP contribution in [0.4, 0.5) is 0 Å². The van der Waals surface area contributed by atoms with Crippen molar-refractivity contribution in [2.45, 2.75) is 6.92 Å². The number of rotatable bonds is 3. The summed E-state index contributed by atoms with van der Waals surface area (Å²) in [6, 6.07) is 0. The van der Waals surface area contributed by atoms with E-state index in [2.05, 4.69) is 4.99 Å². The molecule has 0 aliphatic carbocycles. The van der Waals surface area contributed by atoms with E-state index >= 15 is 0 Å². The molecule has 0 aliphatic heterocycles. The zero-order valence-corrected chi connectivity index (χ0v) is 8.59. The second-order valence-corrected chi connectivity index (χ2v) is 4.95. The van der Waals surface area contributed by atoms with Crippen LogP contribution in [0.25, 0.3) is 0 Å². The van der Waals surface area contributed by atoms with Crippen molar-refractivity contribution in [2.75, 3.05) is 12.3 Å². The van der Waals surface area contributed by atoms with Crippen molar-refractivity contribution in [1.29, 1.82) is 0 Å². The van der Waals surface area contributed by atoms with Crippen LogP contribution in [0.15, 0.2) is 4.99 Å². The van der Waals surface area contributed by atoms with E-state index in [-0.39, 0.29) is 12.3 Å². The summed E-state index contributed by atoms with van der Waals surface area (Å²) in [4.78, 5) is 3.79. The molecule has 0 amide bonds. The normalized spacial score (nSPS) is 13.6. The molecular weight excluding hydrogens is 270 g/mol. The Morgan fingerprint density at radius 1 is 1.70 bits per heavy atom. The van der Waals surface area contributed by atoms with E-state index in [1.807, 2.05) is 0 Å². The summed E-state index contributed by atoms with van der Waals surface area (Å²) in [5.74, 6) is -0.292. The predicted molar refractivity (Wildman–Crippen MR) is 40.1 cm³/mol. The molecule has 0 aliphatic rings. The van der Waals surface area contributed by atoms with Crippen molar-refractivity contribution in [1.82, 2.24) is 0 Å². The Labute approximate surface area is 73.4 Å². The average molecular weight is 278 g/mol. The van der Waals surface area contributed by atoms with Gasteiger partial charge in [-0.2, -0.15) is 0 Å². The fraction of sp³-hybridized carbons (Fsp3) is 0.750. The third kappa shape index (κ3) is 8.37. The van der Waals surface area contributed by atoms with Crippen molar-refractivity contribution >= 4 is 36.2 Å². The van der Waals surface area contributed by atoms with Gasteiger partial charge in [-0.05, 0) is 0 Å². The monoisotopic (exact) mass is 280 g/mol. The van der Waals surface area contributed by atoms with Crippen molar-refractivity contribution in [3.63, 3.8) is 0 Å². The molecule has 0 saturated carbocycles. The molecule has 0 atom stereocenters. The van der Waals surface area contributed by atoms with Gasteiger partial charge in [0, 0.05) is 0 Å². The zero-order valence-electron chi connectivity index (χ0n) is 5.44. The van der Waals surface area contributed by atoms with E-state index in [0.29, 0.717) is 0 Å². The van der Waals surface area contributed by atoms with Crippen LogP contribution in [-0.4, -0.2) is 51.3 Å². The first-order valence-electron chi connectivity index (χ1n) is 2.55. The fourth-order valence-electron chi connectivity index (χ4n) is 0.318. The van der Waals surface area contributed by atoms with Crippen molar-refractivity contribution in [3.05, 3.63) is 0 Å². The van der Waals surface area contributed by atoms with Gasteiger partial charge >= 0.3 is 73.4 Å². The summed E-state index contributed by atoms with van der Waals surface area (Å²) < 4.78 is 29.3. The zero-order chi connectivity index (χ0) is 8.20. The summed E-state index contributed by atoms with van der Waals surface area (Å²) in [5, 5.41) is 0. The molecule has 0 saturated heterocycles. The number of hydrogen-bond acceptors (Lipinski definition) is 3. The molecule has 0 fully saturated rings. The van der Waals surface area contributed by atoms with Gasteiger partial charge in [0.25, 0.3) is 0 Å². The fourth-order valence-corrected chi connectivity index (χ4v) is 0.901. The van der Waals surface area contributed by atoms with Crippen molar-refractivity contribution in [3.8, 4) is 0 Å². The average Bonchev–Trinajstić information content (AvgIpc) is 1.59. The topological polar surface area (TPSA) is 66.7 Å². The first-order chi connectivity index (χ1) is 4.42. The summed E-state index contributed by atoms with van der Waals surface area (Å²) in [6.45, 7) is 1.91. The van der Waals surface area contributed by atoms with Gasteiger partial charge in [0.15, 0.2) is 0 Å². The van der Waals surface area contributed by atoms with Gasteiger partial charge in [-0.3, -0.25) is 0 Å². The molecule has 6 heteroatoms. The molecule has 0 aromatic heterocycles. The maximum absolute atomic E-state index is 10.1. The van der Waals surface area contributed by atoms with E-state index in [1.165, 1.54) is 0 Å². The standard InChI is InChI=1S/C4H8NO3STe/c1-4(10)5-2-3-9(6,7)8/h2-3H2,1H3,(H,6,7,8). The van der Waals surface area contributed by atoms with Crippen LogP contribution in [0.5, 0.6) is 0 Å². The molecule has 59 valence electrons. The van der Waals surface area contributed by atoms with E-state index in [0.717, 1.165) is 3.76 Å². The van der Waals surface area contributed by atoms with Crippen LogP contribution in [0.3, 0.4) is 0 Å². The maximum atomic E-state index is 10.1. The molecule has 4 nitrogen and oxygen atoms in total. The van der Waals surface area contributed by atoms with Crippen LogP contribution in [0.1, 0.15) is 6.92 Å². The summed E-state index contributed by atoms with van der Waals surface area (Å²) in [7, 11) is -3.83. The van der Waals surface area contributed by atoms with Crippen LogP contribution < -0.4 is 0 Å². The number of hydrogen-bond donors (Lipinski definition) is 1. The molecule has 10 heavy (non-hydrogen) atoms. The third-order valence-electron chi connectivity index (χ3n) is 0.684. The molecule has 1 N–H and O–H groups in total. The Hall–Kier alpha value is 0.370. The van der Waals surface area contributed by atoms with Crippen LogP contribution in [-0.2, 0) is 10.1 Å². The van der Waals surface area contributed by atoms with Gasteiger partial charge in [-0.1, -0.05) is 0 Å². The van der Waals surface area contributed by atoms with Gasteiger partial charge < -0.3 is 0 Å². The van der Waals surface area contributed by atoms with Gasteiger partial charge in [-0.25, -0.2) is 0 Å². The first kappa shape index (κ1) is 10.4. The molecule has 0 aromatic rings. The molecule has 0 rings (SSSR count). The Balaban J connectivity index is 3.69. The summed E-state index contributed by atoms with van der Waals surface area (Å²) >= 11 is 1.70. The van der Waals surface area contributed by atoms with Crippen LogP contribution in [0.2, 0.25) is 0 Å². The van der Waals surface area contributed by atoms with Crippen molar-refractivity contribution < 1.29 is 13.0 Å². The molecule has 0 aromatic carbocycles. The van der Waals surface area contributed by atoms with Crippen molar-refractivity contribution in [2.24, 2.45) is 4.99 Å². The molecule has 1 radical (unpaired) electrons. The summed E-state index contributed by atoms with van der Waals surface area (Å²) in [6.07, 6.45) is 0. The van der Waals surface area contributed by atoms with Gasteiger partial charge in [0.05, 0.1) is 0 Å². The van der Waals surface area contributed by atoms with E-state index < -0.39 is 10.1 Å². The third-order valence-corrected chi connectivity index (χ3v) is 1.75. The Kier molecular flexibility index (Phi) is 4.45. The van der Waals surface area contributed by atoms with Crippen LogP contribution >= 0.6 is 0 Å². The number of nitrogens with zero attached hydrogens (tertiary/aromatic N) is 1. The SMILES string of the molecule is CC([Te])=NCCS(=O)(=O)O.